The number of nitrogens with zero attached hydrogens (tertiary/aromatic N) is 1. The number of rotatable bonds is 7. The van der Waals surface area contributed by atoms with Crippen molar-refractivity contribution >= 4 is 27.9 Å². The van der Waals surface area contributed by atoms with E-state index in [2.05, 4.69) is 94.2 Å². The average Bonchev–Trinajstić information content (AvgIpc) is 3.30. The summed E-state index contributed by atoms with van der Waals surface area (Å²) in [6.45, 7) is 0.846. The molecule has 186 valence electrons. The molecule has 0 radical (unpaired) electrons. The van der Waals surface area contributed by atoms with E-state index < -0.39 is 6.09 Å². The quantitative estimate of drug-likeness (QED) is 0.191. The van der Waals surface area contributed by atoms with Crippen LogP contribution in [0.4, 0.5) is 4.79 Å². The summed E-state index contributed by atoms with van der Waals surface area (Å²) >= 11 is 0. The minimum absolute atomic E-state index is 0.381. The van der Waals surface area contributed by atoms with Gasteiger partial charge in [0.05, 0.1) is 17.6 Å². The van der Waals surface area contributed by atoms with Gasteiger partial charge in [-0.25, -0.2) is 4.79 Å². The van der Waals surface area contributed by atoms with Crippen LogP contribution in [0.5, 0.6) is 0 Å². The van der Waals surface area contributed by atoms with Gasteiger partial charge in [0.25, 0.3) is 0 Å². The molecule has 4 aromatic carbocycles. The van der Waals surface area contributed by atoms with Gasteiger partial charge >= 0.3 is 6.09 Å². The number of ether oxygens (including phenoxy) is 1. The monoisotopic (exact) mass is 496 g/mol. The Morgan fingerprint density at radius 1 is 0.737 bits per heavy atom. The molecule has 4 heteroatoms. The molecule has 1 amide bonds. The Hall–Kier alpha value is -4.93. The van der Waals surface area contributed by atoms with Gasteiger partial charge in [-0.15, -0.1) is 0 Å². The fraction of sp³-hybridized carbons (Fsp3) is 0.147. The molecular weight excluding hydrogens is 468 g/mol. The highest BCUT2D eigenvalue weighted by atomic mass is 16.5. The van der Waals surface area contributed by atoms with Crippen molar-refractivity contribution in [2.45, 2.75) is 25.8 Å². The van der Waals surface area contributed by atoms with E-state index >= 15 is 0 Å². The molecule has 4 nitrogen and oxygen atoms in total. The topological polar surface area (TPSA) is 43.3 Å². The maximum atomic E-state index is 11.7. The van der Waals surface area contributed by atoms with Crippen molar-refractivity contribution < 1.29 is 9.53 Å². The minimum atomic E-state index is -0.394. The fourth-order valence-electron chi connectivity index (χ4n) is 4.41. The molecule has 1 N–H and O–H groups in total. The van der Waals surface area contributed by atoms with Gasteiger partial charge in [-0.05, 0) is 66.6 Å². The first-order chi connectivity index (χ1) is 18.8. The third kappa shape index (κ3) is 6.06. The van der Waals surface area contributed by atoms with E-state index in [4.69, 9.17) is 4.74 Å². The number of amides is 1. The van der Waals surface area contributed by atoms with Gasteiger partial charge in [0.15, 0.2) is 0 Å². The van der Waals surface area contributed by atoms with Crippen LogP contribution in [-0.2, 0) is 11.3 Å². The van der Waals surface area contributed by atoms with Gasteiger partial charge in [0.1, 0.15) is 0 Å². The van der Waals surface area contributed by atoms with Crippen LogP contribution < -0.4 is 5.32 Å². The molecule has 1 heterocycles. The van der Waals surface area contributed by atoms with Crippen LogP contribution in [0.3, 0.4) is 0 Å². The number of para-hydroxylation sites is 2. The molecule has 5 aromatic rings. The third-order valence-electron chi connectivity index (χ3n) is 6.27. The zero-order valence-corrected chi connectivity index (χ0v) is 21.1. The molecule has 0 spiro atoms. The summed E-state index contributed by atoms with van der Waals surface area (Å²) in [5.41, 5.74) is 5.46. The molecule has 0 unspecified atom stereocenters. The van der Waals surface area contributed by atoms with E-state index in [0.29, 0.717) is 13.2 Å². The normalized spacial score (nSPS) is 10.3. The molecule has 0 aliphatic carbocycles. The summed E-state index contributed by atoms with van der Waals surface area (Å²) in [7, 11) is 0. The number of aromatic nitrogens is 1. The predicted molar refractivity (Wildman–Crippen MR) is 154 cm³/mol. The summed E-state index contributed by atoms with van der Waals surface area (Å²) in [5, 5.41) is 5.25. The molecule has 1 aromatic heterocycles. The first-order valence-corrected chi connectivity index (χ1v) is 12.8. The smallest absolute Gasteiger partial charge is 0.407 e. The summed E-state index contributed by atoms with van der Waals surface area (Å²) < 4.78 is 7.50. The number of hydrogen-bond donors (Lipinski definition) is 1. The van der Waals surface area contributed by atoms with Crippen molar-refractivity contribution in [2.75, 3.05) is 6.61 Å². The van der Waals surface area contributed by atoms with E-state index in [1.807, 2.05) is 42.5 Å². The second-order valence-corrected chi connectivity index (χ2v) is 8.90. The molecule has 38 heavy (non-hydrogen) atoms. The van der Waals surface area contributed by atoms with Crippen LogP contribution in [0.25, 0.3) is 27.5 Å². The first kappa shape index (κ1) is 24.8. The number of alkyl carbamates (subject to hydrolysis) is 1. The molecule has 5 rings (SSSR count). The lowest BCUT2D eigenvalue weighted by molar-refractivity contribution is 0.143. The zero-order valence-electron chi connectivity index (χ0n) is 21.1. The number of nitrogens with one attached hydrogen (secondary N) is 1. The van der Waals surface area contributed by atoms with Gasteiger partial charge in [0.2, 0.25) is 0 Å². The lowest BCUT2D eigenvalue weighted by atomic mass is 10.2. The molecule has 0 saturated heterocycles. The molecule has 0 saturated carbocycles. The lowest BCUT2D eigenvalue weighted by Crippen LogP contribution is -2.24. The highest BCUT2D eigenvalue weighted by molar-refractivity contribution is 6.09. The van der Waals surface area contributed by atoms with Crippen molar-refractivity contribution in [3.8, 4) is 29.4 Å². The van der Waals surface area contributed by atoms with Gasteiger partial charge in [-0.2, -0.15) is 0 Å². The predicted octanol–water partition coefficient (Wildman–Crippen LogP) is 7.24. The minimum Gasteiger partial charge on any atom is -0.450 e. The number of carbonyl (C=O) groups excluding carboxylic acids is 1. The lowest BCUT2D eigenvalue weighted by Gasteiger charge is -2.07. The second-order valence-electron chi connectivity index (χ2n) is 8.90. The van der Waals surface area contributed by atoms with Gasteiger partial charge < -0.3 is 14.6 Å². The number of fused-ring (bicyclic) bond motifs is 3. The van der Waals surface area contributed by atoms with Crippen LogP contribution in [0, 0.1) is 23.7 Å². The Balaban J connectivity index is 1.09. The largest absolute Gasteiger partial charge is 0.450 e. The van der Waals surface area contributed by atoms with Crippen LogP contribution >= 0.6 is 0 Å². The standard InChI is InChI=1S/C34H28N2O2/c37-34(35-26-28-15-7-5-8-16-28)38-25-13-4-2-1-3-6-14-27-21-23-29(24-22-27)36-32-19-11-9-17-30(32)31-18-10-12-20-33(31)36/h5,7-12,15-24H,2,4,13,25-26H2,(H,35,37). The number of carbonyl (C=O) groups is 1. The van der Waals surface area contributed by atoms with Gasteiger partial charge in [-0.1, -0.05) is 78.6 Å². The summed E-state index contributed by atoms with van der Waals surface area (Å²) in [6, 6.07) is 35.0. The van der Waals surface area contributed by atoms with E-state index in [9.17, 15) is 4.79 Å². The Kier molecular flexibility index (Phi) is 8.04. The Labute approximate surface area is 223 Å². The highest BCUT2D eigenvalue weighted by Crippen LogP contribution is 2.31. The maximum absolute atomic E-state index is 11.7. The number of benzene rings is 4. The van der Waals surface area contributed by atoms with Crippen LogP contribution in [-0.4, -0.2) is 17.3 Å². The van der Waals surface area contributed by atoms with Gasteiger partial charge in [-0.3, -0.25) is 0 Å². The zero-order chi connectivity index (χ0) is 26.0. The molecular formula is C34H28N2O2. The fourth-order valence-corrected chi connectivity index (χ4v) is 4.41. The Morgan fingerprint density at radius 2 is 1.39 bits per heavy atom. The molecule has 0 bridgehead atoms. The first-order valence-electron chi connectivity index (χ1n) is 12.8. The molecule has 0 fully saturated rings. The molecule has 0 atom stereocenters. The average molecular weight is 497 g/mol. The highest BCUT2D eigenvalue weighted by Gasteiger charge is 2.10. The van der Waals surface area contributed by atoms with Gasteiger partial charge in [0, 0.05) is 35.0 Å². The third-order valence-corrected chi connectivity index (χ3v) is 6.27. The van der Waals surface area contributed by atoms with E-state index in [1.54, 1.807) is 0 Å². The van der Waals surface area contributed by atoms with Crippen molar-refractivity contribution in [2.24, 2.45) is 0 Å². The Bertz CT molecular complexity index is 1610. The summed E-state index contributed by atoms with van der Waals surface area (Å²) in [5.74, 6) is 12.1. The van der Waals surface area contributed by atoms with Crippen molar-refractivity contribution in [1.82, 2.24) is 9.88 Å². The second kappa shape index (κ2) is 12.3. The van der Waals surface area contributed by atoms with E-state index in [-0.39, 0.29) is 0 Å². The Morgan fingerprint density at radius 3 is 2.11 bits per heavy atom. The van der Waals surface area contributed by atoms with Crippen LogP contribution in [0.15, 0.2) is 103 Å². The van der Waals surface area contributed by atoms with Crippen molar-refractivity contribution in [3.63, 3.8) is 0 Å². The maximum Gasteiger partial charge on any atom is 0.407 e. The van der Waals surface area contributed by atoms with E-state index in [1.165, 1.54) is 21.8 Å². The summed E-state index contributed by atoms with van der Waals surface area (Å²) in [6.07, 6.45) is 1.95. The molecule has 0 aliphatic heterocycles. The van der Waals surface area contributed by atoms with Crippen LogP contribution in [0.2, 0.25) is 0 Å². The number of unbranched alkanes of at least 4 members (excludes halogenated alkanes) is 2. The van der Waals surface area contributed by atoms with Crippen LogP contribution in [0.1, 0.15) is 30.4 Å². The summed E-state index contributed by atoms with van der Waals surface area (Å²) in [4.78, 5) is 11.7. The van der Waals surface area contributed by atoms with Crippen molar-refractivity contribution in [3.05, 3.63) is 114 Å². The SMILES string of the molecule is O=C(NCc1ccccc1)OCCCCC#CC#Cc1ccc(-n2c3ccccc3c3ccccc32)cc1. The van der Waals surface area contributed by atoms with E-state index in [0.717, 1.165) is 36.1 Å². The van der Waals surface area contributed by atoms with Crippen molar-refractivity contribution in [1.29, 1.82) is 0 Å². The number of hydrogen-bond acceptors (Lipinski definition) is 2. The molecule has 0 aliphatic rings.